The van der Waals surface area contributed by atoms with Crippen LogP contribution >= 0.6 is 31.9 Å². The lowest BCUT2D eigenvalue weighted by Gasteiger charge is -2.10. The molecular formula is C14H14Br2N2O2. The number of carbonyl (C=O) groups excluding carboxylic acids is 1. The molecule has 0 bridgehead atoms. The zero-order valence-electron chi connectivity index (χ0n) is 10.6. The Morgan fingerprint density at radius 1 is 1.40 bits per heavy atom. The topological polar surface area (TPSA) is 65.1 Å². The second-order valence-electron chi connectivity index (χ2n) is 5.13. The number of nitrogens with one attached hydrogen (secondary N) is 2. The van der Waals surface area contributed by atoms with Crippen LogP contribution in [0.1, 0.15) is 23.2 Å². The fourth-order valence-electron chi connectivity index (χ4n) is 2.24. The van der Waals surface area contributed by atoms with E-state index in [4.69, 9.17) is 0 Å². The first kappa shape index (κ1) is 14.1. The van der Waals surface area contributed by atoms with Crippen molar-refractivity contribution in [1.29, 1.82) is 0 Å². The monoisotopic (exact) mass is 400 g/mol. The Balaban J connectivity index is 1.78. The normalized spacial score (nSPS) is 16.4. The Hall–Kier alpha value is -0.850. The predicted octanol–water partition coefficient (Wildman–Crippen LogP) is 3.19. The predicted molar refractivity (Wildman–Crippen MR) is 84.8 cm³/mol. The van der Waals surface area contributed by atoms with Gasteiger partial charge in [0.2, 0.25) is 0 Å². The summed E-state index contributed by atoms with van der Waals surface area (Å²) in [7, 11) is 0. The van der Waals surface area contributed by atoms with Gasteiger partial charge in [0.15, 0.2) is 0 Å². The van der Waals surface area contributed by atoms with Gasteiger partial charge in [0, 0.05) is 32.6 Å². The van der Waals surface area contributed by atoms with E-state index in [2.05, 4.69) is 42.2 Å². The van der Waals surface area contributed by atoms with E-state index < -0.39 is 6.10 Å². The fourth-order valence-corrected chi connectivity index (χ4v) is 2.93. The number of rotatable bonds is 4. The third kappa shape index (κ3) is 2.77. The van der Waals surface area contributed by atoms with Gasteiger partial charge in [-0.25, -0.2) is 0 Å². The van der Waals surface area contributed by atoms with Gasteiger partial charge >= 0.3 is 0 Å². The first-order valence-electron chi connectivity index (χ1n) is 6.48. The molecule has 1 unspecified atom stereocenters. The average molecular weight is 402 g/mol. The molecule has 1 aliphatic rings. The van der Waals surface area contributed by atoms with Crippen molar-refractivity contribution in [3.05, 3.63) is 32.8 Å². The molecule has 1 aliphatic carbocycles. The number of amides is 1. The van der Waals surface area contributed by atoms with Crippen molar-refractivity contribution < 1.29 is 9.90 Å². The van der Waals surface area contributed by atoms with Crippen molar-refractivity contribution in [3.8, 4) is 0 Å². The molecule has 0 spiro atoms. The average Bonchev–Trinajstić information content (AvgIpc) is 3.19. The van der Waals surface area contributed by atoms with Gasteiger partial charge in [0.05, 0.1) is 11.7 Å². The zero-order chi connectivity index (χ0) is 14.3. The van der Waals surface area contributed by atoms with Crippen molar-refractivity contribution in [2.24, 2.45) is 5.92 Å². The van der Waals surface area contributed by atoms with Crippen molar-refractivity contribution in [3.63, 3.8) is 0 Å². The van der Waals surface area contributed by atoms with Crippen molar-refractivity contribution in [2.45, 2.75) is 18.9 Å². The SMILES string of the molecule is O=C(NCC(O)C1CC1)c1c[nH]c2cc(Br)c(Br)cc12. The lowest BCUT2D eigenvalue weighted by Crippen LogP contribution is -2.33. The molecule has 0 aliphatic heterocycles. The summed E-state index contributed by atoms with van der Waals surface area (Å²) in [4.78, 5) is 15.3. The Bertz CT molecular complexity index is 664. The maximum absolute atomic E-state index is 12.2. The first-order valence-corrected chi connectivity index (χ1v) is 8.07. The number of aliphatic hydroxyl groups excluding tert-OH is 1. The number of H-pyrrole nitrogens is 1. The van der Waals surface area contributed by atoms with Crippen LogP contribution in [-0.2, 0) is 0 Å². The summed E-state index contributed by atoms with van der Waals surface area (Å²) in [6.45, 7) is 0.313. The number of carbonyl (C=O) groups is 1. The number of benzene rings is 1. The molecule has 0 saturated heterocycles. The highest BCUT2D eigenvalue weighted by molar-refractivity contribution is 9.13. The quantitative estimate of drug-likeness (QED) is 0.736. The Morgan fingerprint density at radius 3 is 2.80 bits per heavy atom. The van der Waals surface area contributed by atoms with E-state index in [9.17, 15) is 9.90 Å². The maximum atomic E-state index is 12.2. The third-order valence-electron chi connectivity index (χ3n) is 3.61. The van der Waals surface area contributed by atoms with Gasteiger partial charge < -0.3 is 15.4 Å². The van der Waals surface area contributed by atoms with Gasteiger partial charge in [-0.05, 0) is 62.8 Å². The number of fused-ring (bicyclic) bond motifs is 1. The molecule has 1 amide bonds. The van der Waals surface area contributed by atoms with E-state index >= 15 is 0 Å². The summed E-state index contributed by atoms with van der Waals surface area (Å²) < 4.78 is 1.83. The number of aromatic nitrogens is 1. The number of aliphatic hydroxyl groups is 1. The molecule has 2 aromatic rings. The largest absolute Gasteiger partial charge is 0.391 e. The summed E-state index contributed by atoms with van der Waals surface area (Å²) in [5, 5.41) is 13.4. The lowest BCUT2D eigenvalue weighted by atomic mass is 10.1. The summed E-state index contributed by atoms with van der Waals surface area (Å²) in [5.74, 6) is 0.202. The fraction of sp³-hybridized carbons (Fsp3) is 0.357. The molecule has 20 heavy (non-hydrogen) atoms. The molecule has 4 nitrogen and oxygen atoms in total. The summed E-state index contributed by atoms with van der Waals surface area (Å²) in [6.07, 6.45) is 3.39. The molecule has 3 rings (SSSR count). The molecule has 1 atom stereocenters. The molecule has 1 saturated carbocycles. The molecular weight excluding hydrogens is 388 g/mol. The van der Waals surface area contributed by atoms with Crippen LogP contribution in [-0.4, -0.2) is 28.6 Å². The van der Waals surface area contributed by atoms with Gasteiger partial charge in [-0.1, -0.05) is 0 Å². The Kier molecular flexibility index (Phi) is 3.88. The first-order chi connectivity index (χ1) is 9.56. The molecule has 0 radical (unpaired) electrons. The highest BCUT2D eigenvalue weighted by atomic mass is 79.9. The van der Waals surface area contributed by atoms with Crippen LogP contribution in [0.3, 0.4) is 0 Å². The van der Waals surface area contributed by atoms with Crippen LogP contribution in [0.25, 0.3) is 10.9 Å². The summed E-state index contributed by atoms with van der Waals surface area (Å²) in [6, 6.07) is 3.83. The summed E-state index contributed by atoms with van der Waals surface area (Å²) >= 11 is 6.88. The number of halogens is 2. The van der Waals surface area contributed by atoms with Crippen molar-refractivity contribution in [1.82, 2.24) is 10.3 Å². The van der Waals surface area contributed by atoms with Gasteiger partial charge in [-0.15, -0.1) is 0 Å². The molecule has 1 aromatic heterocycles. The summed E-state index contributed by atoms with van der Waals surface area (Å²) in [5.41, 5.74) is 1.49. The van der Waals surface area contributed by atoms with Crippen molar-refractivity contribution >= 4 is 48.7 Å². The van der Waals surface area contributed by atoms with E-state index in [1.807, 2.05) is 12.1 Å². The molecule has 3 N–H and O–H groups in total. The molecule has 106 valence electrons. The number of hydrogen-bond donors (Lipinski definition) is 3. The van der Waals surface area contributed by atoms with E-state index in [0.29, 0.717) is 18.0 Å². The van der Waals surface area contributed by atoms with Gasteiger partial charge in [0.1, 0.15) is 0 Å². The molecule has 6 heteroatoms. The molecule has 1 fully saturated rings. The van der Waals surface area contributed by atoms with Crippen LogP contribution in [0, 0.1) is 5.92 Å². The standard InChI is InChI=1S/C14H14Br2N2O2/c15-10-3-8-9(5-17-12(8)4-11(10)16)14(20)18-6-13(19)7-1-2-7/h3-5,7,13,17,19H,1-2,6H2,(H,18,20). The minimum Gasteiger partial charge on any atom is -0.391 e. The van der Waals surface area contributed by atoms with Gasteiger partial charge in [-0.3, -0.25) is 4.79 Å². The third-order valence-corrected chi connectivity index (χ3v) is 5.45. The highest BCUT2D eigenvalue weighted by Gasteiger charge is 2.29. The van der Waals surface area contributed by atoms with E-state index in [0.717, 1.165) is 32.7 Å². The van der Waals surface area contributed by atoms with E-state index in [1.165, 1.54) is 0 Å². The Labute approximate surface area is 133 Å². The second kappa shape index (κ2) is 5.50. The van der Waals surface area contributed by atoms with Gasteiger partial charge in [-0.2, -0.15) is 0 Å². The van der Waals surface area contributed by atoms with Crippen LogP contribution in [0.5, 0.6) is 0 Å². The lowest BCUT2D eigenvalue weighted by molar-refractivity contribution is 0.0903. The Morgan fingerprint density at radius 2 is 2.10 bits per heavy atom. The van der Waals surface area contributed by atoms with Gasteiger partial charge in [0.25, 0.3) is 5.91 Å². The number of hydrogen-bond acceptors (Lipinski definition) is 2. The maximum Gasteiger partial charge on any atom is 0.253 e. The van der Waals surface area contributed by atoms with Crippen LogP contribution in [0.4, 0.5) is 0 Å². The zero-order valence-corrected chi connectivity index (χ0v) is 13.8. The molecule has 1 heterocycles. The van der Waals surface area contributed by atoms with Crippen LogP contribution in [0.15, 0.2) is 27.3 Å². The van der Waals surface area contributed by atoms with Crippen LogP contribution in [0.2, 0.25) is 0 Å². The highest BCUT2D eigenvalue weighted by Crippen LogP contribution is 2.32. The van der Waals surface area contributed by atoms with E-state index in [1.54, 1.807) is 6.20 Å². The van der Waals surface area contributed by atoms with Crippen molar-refractivity contribution in [2.75, 3.05) is 6.54 Å². The molecule has 1 aromatic carbocycles. The minimum absolute atomic E-state index is 0.162. The second-order valence-corrected chi connectivity index (χ2v) is 6.84. The smallest absolute Gasteiger partial charge is 0.253 e. The minimum atomic E-state index is -0.426. The van der Waals surface area contributed by atoms with Crippen LogP contribution < -0.4 is 5.32 Å². The number of aromatic amines is 1. The van der Waals surface area contributed by atoms with E-state index in [-0.39, 0.29) is 5.91 Å².